The van der Waals surface area contributed by atoms with E-state index < -0.39 is 7.82 Å². The predicted octanol–water partition coefficient (Wildman–Crippen LogP) is 8.48. The average Bonchev–Trinajstić information content (AvgIpc) is 3.26. The van der Waals surface area contributed by atoms with E-state index in [9.17, 15) is 9.46 Å². The van der Waals surface area contributed by atoms with Crippen molar-refractivity contribution in [1.82, 2.24) is 0 Å². The van der Waals surface area contributed by atoms with Gasteiger partial charge in [0.2, 0.25) is 0 Å². The first kappa shape index (κ1) is 29.1. The molecule has 0 spiro atoms. The van der Waals surface area contributed by atoms with Crippen molar-refractivity contribution < 1.29 is 37.5 Å². The highest BCUT2D eigenvalue weighted by molar-refractivity contribution is 8.00. The number of ether oxygens (including phenoxy) is 4. The zero-order valence-electron chi connectivity index (χ0n) is 23.7. The Morgan fingerprint density at radius 3 is 1.44 bits per heavy atom. The van der Waals surface area contributed by atoms with E-state index in [1.165, 1.54) is 23.5 Å². The topological polar surface area (TPSA) is 92.7 Å². The molecule has 0 saturated heterocycles. The minimum absolute atomic E-state index is 0.149. The van der Waals surface area contributed by atoms with Crippen LogP contribution in [0.5, 0.6) is 23.0 Å². The number of phosphoric ester groups is 1. The molecule has 1 N–H and O–H groups in total. The first-order valence-corrected chi connectivity index (χ1v) is 16.2. The Balaban J connectivity index is 1.44. The second-order valence-corrected chi connectivity index (χ2v) is 12.8. The Kier molecular flexibility index (Phi) is 8.11. The van der Waals surface area contributed by atoms with Crippen LogP contribution < -0.4 is 18.9 Å². The van der Waals surface area contributed by atoms with Crippen LogP contribution >= 0.6 is 31.3 Å². The zero-order valence-corrected chi connectivity index (χ0v) is 26.2. The summed E-state index contributed by atoms with van der Waals surface area (Å²) in [5.74, 6) is 2.77. The second kappa shape index (κ2) is 12.0. The van der Waals surface area contributed by atoms with Gasteiger partial charge in [-0.2, -0.15) is 0 Å². The summed E-state index contributed by atoms with van der Waals surface area (Å²) in [5, 5.41) is 0. The van der Waals surface area contributed by atoms with Gasteiger partial charge < -0.3 is 28.0 Å². The van der Waals surface area contributed by atoms with Crippen LogP contribution in [-0.4, -0.2) is 33.3 Å². The largest absolute Gasteiger partial charge is 0.584 e. The maximum absolute atomic E-state index is 13.9. The van der Waals surface area contributed by atoms with Crippen LogP contribution in [0.1, 0.15) is 22.3 Å². The van der Waals surface area contributed by atoms with Crippen molar-refractivity contribution in [2.24, 2.45) is 0 Å². The SMILES string of the molecule is COc1ccc2c(c1)C=C(OP(=O)(O)OC1=Cc3cc(OC)ccc3Sc3c(OC)cccc31)c1cccc(OC)c1S2. The summed E-state index contributed by atoms with van der Waals surface area (Å²) in [6.07, 6.45) is 3.41. The number of benzene rings is 4. The molecule has 0 atom stereocenters. The number of methoxy groups -OCH3 is 4. The third-order valence-corrected chi connectivity index (χ3v) is 10.1. The Bertz CT molecular complexity index is 1710. The molecule has 0 aliphatic carbocycles. The van der Waals surface area contributed by atoms with E-state index in [-0.39, 0.29) is 11.5 Å². The standard InChI is InChI=1S/C32H27O8PS2/c1-35-21-11-13-29-19(15-21)17-27(23-7-5-9-25(37-3)31(23)42-29)39-41(33,34)40-28-18-20-16-22(36-2)12-14-30(20)43-32-24(28)8-6-10-26(32)38-4/h5-18H,1-4H3,(H,33,34). The quantitative estimate of drug-likeness (QED) is 0.190. The lowest BCUT2D eigenvalue weighted by molar-refractivity contribution is 0.264. The third kappa shape index (κ3) is 5.84. The molecule has 11 heteroatoms. The first-order valence-electron chi connectivity index (χ1n) is 13.0. The minimum Gasteiger partial charge on any atom is -0.497 e. The maximum Gasteiger partial charge on any atom is 0.584 e. The average molecular weight is 635 g/mol. The van der Waals surface area contributed by atoms with Gasteiger partial charge in [-0.05, 0) is 83.9 Å². The molecule has 0 aromatic heterocycles. The Labute approximate surface area is 257 Å². The van der Waals surface area contributed by atoms with Crippen LogP contribution in [0.25, 0.3) is 23.7 Å². The highest BCUT2D eigenvalue weighted by Gasteiger charge is 2.33. The van der Waals surface area contributed by atoms with E-state index in [1.54, 1.807) is 52.7 Å². The predicted molar refractivity (Wildman–Crippen MR) is 168 cm³/mol. The van der Waals surface area contributed by atoms with Crippen molar-refractivity contribution >= 4 is 55.0 Å². The molecule has 4 aromatic carbocycles. The highest BCUT2D eigenvalue weighted by atomic mass is 32.2. The molecule has 0 unspecified atom stereocenters. The smallest absolute Gasteiger partial charge is 0.497 e. The molecule has 8 nitrogen and oxygen atoms in total. The van der Waals surface area contributed by atoms with Crippen molar-refractivity contribution in [3.8, 4) is 23.0 Å². The van der Waals surface area contributed by atoms with Crippen LogP contribution in [-0.2, 0) is 13.6 Å². The summed E-state index contributed by atoms with van der Waals surface area (Å²) in [5.41, 5.74) is 2.66. The second-order valence-electron chi connectivity index (χ2n) is 9.35. The summed E-state index contributed by atoms with van der Waals surface area (Å²) in [6.45, 7) is 0. The Hall–Kier alpha value is -3.95. The molecule has 43 heavy (non-hydrogen) atoms. The van der Waals surface area contributed by atoms with Gasteiger partial charge in [-0.25, -0.2) is 4.57 Å². The van der Waals surface area contributed by atoms with E-state index in [2.05, 4.69) is 0 Å². The van der Waals surface area contributed by atoms with E-state index in [0.29, 0.717) is 34.1 Å². The fourth-order valence-corrected chi connectivity index (χ4v) is 7.83. The number of fused-ring (bicyclic) bond motifs is 4. The van der Waals surface area contributed by atoms with Gasteiger partial charge in [-0.3, -0.25) is 4.89 Å². The highest BCUT2D eigenvalue weighted by Crippen LogP contribution is 2.57. The van der Waals surface area contributed by atoms with Crippen molar-refractivity contribution in [2.45, 2.75) is 19.6 Å². The van der Waals surface area contributed by atoms with Crippen LogP contribution in [0.3, 0.4) is 0 Å². The van der Waals surface area contributed by atoms with Gasteiger partial charge in [0, 0.05) is 20.9 Å². The summed E-state index contributed by atoms with van der Waals surface area (Å²) in [7, 11) is 1.54. The van der Waals surface area contributed by atoms with Crippen LogP contribution in [0.4, 0.5) is 0 Å². The fraction of sp³-hybridized carbons (Fsp3) is 0.125. The van der Waals surface area contributed by atoms with Crippen molar-refractivity contribution in [2.75, 3.05) is 28.4 Å². The molecule has 0 saturated carbocycles. The van der Waals surface area contributed by atoms with Gasteiger partial charge in [0.05, 0.1) is 38.2 Å². The van der Waals surface area contributed by atoms with Crippen molar-refractivity contribution in [3.63, 3.8) is 0 Å². The van der Waals surface area contributed by atoms with Gasteiger partial charge >= 0.3 is 7.82 Å². The lowest BCUT2D eigenvalue weighted by Crippen LogP contribution is -1.99. The molecule has 0 radical (unpaired) electrons. The molecule has 2 aliphatic heterocycles. The maximum atomic E-state index is 13.9. The molecule has 220 valence electrons. The molecular formula is C32H27O8PS2. The van der Waals surface area contributed by atoms with Gasteiger partial charge in [0.25, 0.3) is 0 Å². The van der Waals surface area contributed by atoms with Gasteiger partial charge in [-0.1, -0.05) is 35.7 Å². The molecular weight excluding hydrogens is 607 g/mol. The Morgan fingerprint density at radius 2 is 1.05 bits per heavy atom. The number of phosphoric acid groups is 1. The molecule has 2 aliphatic rings. The van der Waals surface area contributed by atoms with Gasteiger partial charge in [-0.15, -0.1) is 0 Å². The fourth-order valence-electron chi connectivity index (χ4n) is 4.75. The summed E-state index contributed by atoms with van der Waals surface area (Å²) in [4.78, 5) is 14.6. The summed E-state index contributed by atoms with van der Waals surface area (Å²) < 4.78 is 47.8. The van der Waals surface area contributed by atoms with Gasteiger partial charge in [0.15, 0.2) is 0 Å². The van der Waals surface area contributed by atoms with E-state index in [1.807, 2.05) is 60.7 Å². The first-order chi connectivity index (χ1) is 20.8. The number of rotatable bonds is 8. The lowest BCUT2D eigenvalue weighted by atomic mass is 10.1. The van der Waals surface area contributed by atoms with Crippen LogP contribution in [0.2, 0.25) is 0 Å². The van der Waals surface area contributed by atoms with E-state index in [0.717, 1.165) is 30.7 Å². The molecule has 0 amide bonds. The van der Waals surface area contributed by atoms with E-state index >= 15 is 0 Å². The molecule has 0 fully saturated rings. The number of hydrogen-bond donors (Lipinski definition) is 1. The zero-order chi connectivity index (χ0) is 30.1. The molecule has 2 heterocycles. The van der Waals surface area contributed by atoms with Gasteiger partial charge in [0.1, 0.15) is 34.5 Å². The number of hydrogen-bond acceptors (Lipinski definition) is 9. The normalized spacial score (nSPS) is 13.4. The van der Waals surface area contributed by atoms with E-state index in [4.69, 9.17) is 28.0 Å². The molecule has 0 bridgehead atoms. The minimum atomic E-state index is -4.79. The van der Waals surface area contributed by atoms with Crippen molar-refractivity contribution in [1.29, 1.82) is 0 Å². The van der Waals surface area contributed by atoms with Crippen LogP contribution in [0, 0.1) is 0 Å². The van der Waals surface area contributed by atoms with Crippen LogP contribution in [0.15, 0.2) is 92.4 Å². The molecule has 4 aromatic rings. The monoisotopic (exact) mass is 634 g/mol. The Morgan fingerprint density at radius 1 is 0.605 bits per heavy atom. The van der Waals surface area contributed by atoms with Crippen molar-refractivity contribution in [3.05, 3.63) is 95.1 Å². The summed E-state index contributed by atoms with van der Waals surface area (Å²) in [6, 6.07) is 22.1. The third-order valence-electron chi connectivity index (χ3n) is 6.79. The lowest BCUT2D eigenvalue weighted by Gasteiger charge is -2.20. The summed E-state index contributed by atoms with van der Waals surface area (Å²) >= 11 is 2.94. The molecule has 6 rings (SSSR count).